The van der Waals surface area contributed by atoms with Crippen LogP contribution in [-0.4, -0.2) is 85.1 Å². The van der Waals surface area contributed by atoms with Gasteiger partial charge in [-0.15, -0.1) is 11.3 Å². The highest BCUT2D eigenvalue weighted by atomic mass is 35.5. The van der Waals surface area contributed by atoms with Gasteiger partial charge in [0.15, 0.2) is 0 Å². The third kappa shape index (κ3) is 5.74. The summed E-state index contributed by atoms with van der Waals surface area (Å²) in [5, 5.41) is 1.02. The van der Waals surface area contributed by atoms with Gasteiger partial charge in [0.1, 0.15) is 6.04 Å². The molecule has 196 valence electrons. The average molecular weight is 563 g/mol. The van der Waals surface area contributed by atoms with Crippen LogP contribution in [0.1, 0.15) is 34.5 Å². The molecule has 4 heterocycles. The van der Waals surface area contributed by atoms with E-state index in [0.29, 0.717) is 47.3 Å². The van der Waals surface area contributed by atoms with E-state index in [1.165, 1.54) is 22.3 Å². The van der Waals surface area contributed by atoms with E-state index < -0.39 is 22.0 Å². The van der Waals surface area contributed by atoms with Crippen molar-refractivity contribution in [1.82, 2.24) is 19.4 Å². The number of thiophene rings is 1. The molecule has 0 unspecified atom stereocenters. The fourth-order valence-corrected chi connectivity index (χ4v) is 7.31. The van der Waals surface area contributed by atoms with Crippen molar-refractivity contribution < 1.29 is 22.8 Å². The molecule has 0 spiro atoms. The number of halogens is 1. The highest BCUT2D eigenvalue weighted by Crippen LogP contribution is 2.32. The number of sulfonamides is 1. The first kappa shape index (κ1) is 25.9. The number of piperidine rings is 1. The number of likely N-dealkylation sites (tertiary alicyclic amines) is 3. The summed E-state index contributed by atoms with van der Waals surface area (Å²) in [7, 11) is -3.86. The molecule has 9 nitrogen and oxygen atoms in total. The molecule has 12 heteroatoms. The molecule has 3 saturated heterocycles. The van der Waals surface area contributed by atoms with Gasteiger partial charge < -0.3 is 14.7 Å². The highest BCUT2D eigenvalue weighted by Gasteiger charge is 2.47. The summed E-state index contributed by atoms with van der Waals surface area (Å²) in [6.07, 6.45) is 3.11. The van der Waals surface area contributed by atoms with E-state index in [9.17, 15) is 22.8 Å². The van der Waals surface area contributed by atoms with Crippen LogP contribution in [0.2, 0.25) is 4.34 Å². The van der Waals surface area contributed by atoms with E-state index in [1.807, 2.05) is 23.1 Å². The van der Waals surface area contributed by atoms with E-state index in [2.05, 4.69) is 4.72 Å². The number of rotatable bonds is 7. The zero-order valence-corrected chi connectivity index (χ0v) is 22.3. The van der Waals surface area contributed by atoms with Crippen molar-refractivity contribution in [3.63, 3.8) is 0 Å². The van der Waals surface area contributed by atoms with Crippen molar-refractivity contribution in [2.45, 2.75) is 37.4 Å². The van der Waals surface area contributed by atoms with Gasteiger partial charge in [-0.2, -0.15) is 4.72 Å². The predicted molar refractivity (Wildman–Crippen MR) is 141 cm³/mol. The molecule has 1 N–H and O–H groups in total. The molecule has 1 aromatic heterocycles. The van der Waals surface area contributed by atoms with Crippen LogP contribution in [-0.2, 0) is 19.6 Å². The van der Waals surface area contributed by atoms with Crippen LogP contribution < -0.4 is 4.72 Å². The lowest BCUT2D eigenvalue weighted by atomic mass is 10.1. The van der Waals surface area contributed by atoms with Crippen LogP contribution in [0.5, 0.6) is 0 Å². The molecule has 0 aliphatic carbocycles. The summed E-state index contributed by atoms with van der Waals surface area (Å²) in [6.45, 7) is 1.21. The Morgan fingerprint density at radius 2 is 1.81 bits per heavy atom. The number of carbonyl (C=O) groups is 3. The molecule has 2 bridgehead atoms. The van der Waals surface area contributed by atoms with Gasteiger partial charge >= 0.3 is 0 Å². The van der Waals surface area contributed by atoms with Crippen LogP contribution in [0.3, 0.4) is 0 Å². The third-order valence-electron chi connectivity index (χ3n) is 7.01. The van der Waals surface area contributed by atoms with Gasteiger partial charge in [-0.05, 0) is 49.6 Å². The van der Waals surface area contributed by atoms with Gasteiger partial charge in [-0.25, -0.2) is 8.42 Å². The second-order valence-electron chi connectivity index (χ2n) is 9.48. The molecule has 3 amide bonds. The Balaban J connectivity index is 1.16. The first-order chi connectivity index (χ1) is 17.7. The number of hydrogen-bond acceptors (Lipinski definition) is 6. The molecule has 3 aliphatic rings. The minimum absolute atomic E-state index is 0.0299. The van der Waals surface area contributed by atoms with Gasteiger partial charge in [-0.3, -0.25) is 14.4 Å². The molecule has 5 rings (SSSR count). The Kier molecular flexibility index (Phi) is 7.39. The SMILES string of the molecule is O=C1[C@@H](NS(=O)(=O)/C=C/c2ccc(Cl)s2)CCCN1CC(=O)N1C[C@@H]2C[C@H]1CN2C(=O)c1ccccc1. The largest absolute Gasteiger partial charge is 0.334 e. The first-order valence-corrected chi connectivity index (χ1v) is 14.8. The Morgan fingerprint density at radius 1 is 1.08 bits per heavy atom. The van der Waals surface area contributed by atoms with E-state index in [4.69, 9.17) is 11.6 Å². The maximum Gasteiger partial charge on any atom is 0.254 e. The second kappa shape index (κ2) is 10.6. The molecule has 1 aromatic carbocycles. The molecule has 3 atom stereocenters. The maximum atomic E-state index is 13.1. The lowest BCUT2D eigenvalue weighted by Crippen LogP contribution is -2.56. The number of hydrogen-bond donors (Lipinski definition) is 1. The first-order valence-electron chi connectivity index (χ1n) is 12.1. The predicted octanol–water partition coefficient (Wildman–Crippen LogP) is 2.41. The van der Waals surface area contributed by atoms with Crippen LogP contribution in [0.4, 0.5) is 0 Å². The Labute approximate surface area is 224 Å². The van der Waals surface area contributed by atoms with Gasteiger partial charge in [0.05, 0.1) is 23.0 Å². The fraction of sp³-hybridized carbons (Fsp3) is 0.400. The Bertz CT molecular complexity index is 1330. The van der Waals surface area contributed by atoms with E-state index in [0.717, 1.165) is 11.8 Å². The molecule has 3 aliphatic heterocycles. The zero-order valence-electron chi connectivity index (χ0n) is 20.0. The number of benzene rings is 1. The van der Waals surface area contributed by atoms with Crippen LogP contribution in [0.25, 0.3) is 6.08 Å². The fourth-order valence-electron chi connectivity index (χ4n) is 5.24. The van der Waals surface area contributed by atoms with Gasteiger partial charge in [0.2, 0.25) is 21.8 Å². The smallest absolute Gasteiger partial charge is 0.254 e. The summed E-state index contributed by atoms with van der Waals surface area (Å²) >= 11 is 7.12. The number of piperazine rings is 1. The van der Waals surface area contributed by atoms with Crippen molar-refractivity contribution in [1.29, 1.82) is 0 Å². The molecular formula is C25H27ClN4O5S2. The number of nitrogens with one attached hydrogen (secondary N) is 1. The van der Waals surface area contributed by atoms with Crippen LogP contribution >= 0.6 is 22.9 Å². The normalized spacial score (nSPS) is 23.9. The van der Waals surface area contributed by atoms with Crippen molar-refractivity contribution in [3.05, 3.63) is 62.6 Å². The van der Waals surface area contributed by atoms with Crippen LogP contribution in [0, 0.1) is 0 Å². The van der Waals surface area contributed by atoms with Crippen molar-refractivity contribution in [2.75, 3.05) is 26.2 Å². The highest BCUT2D eigenvalue weighted by molar-refractivity contribution is 7.92. The number of carbonyl (C=O) groups excluding carboxylic acids is 3. The molecular weight excluding hydrogens is 536 g/mol. The average Bonchev–Trinajstić information content (AvgIpc) is 3.61. The quantitative estimate of drug-likeness (QED) is 0.558. The van der Waals surface area contributed by atoms with E-state index in [1.54, 1.807) is 29.2 Å². The van der Waals surface area contributed by atoms with E-state index >= 15 is 0 Å². The summed E-state index contributed by atoms with van der Waals surface area (Å²) in [4.78, 5) is 44.7. The van der Waals surface area contributed by atoms with Gasteiger partial charge in [0, 0.05) is 35.5 Å². The van der Waals surface area contributed by atoms with Crippen molar-refractivity contribution in [3.8, 4) is 0 Å². The minimum atomic E-state index is -3.86. The Hall–Kier alpha value is -2.73. The van der Waals surface area contributed by atoms with Crippen molar-refractivity contribution >= 4 is 56.8 Å². The summed E-state index contributed by atoms with van der Waals surface area (Å²) in [5.41, 5.74) is 0.634. The maximum absolute atomic E-state index is 13.1. The van der Waals surface area contributed by atoms with Gasteiger partial charge in [0.25, 0.3) is 5.91 Å². The Morgan fingerprint density at radius 3 is 2.49 bits per heavy atom. The molecule has 0 saturated carbocycles. The number of amides is 3. The van der Waals surface area contributed by atoms with Gasteiger partial charge in [-0.1, -0.05) is 29.8 Å². The standard InChI is InChI=1S/C25H27ClN4O5S2/c26-22-9-8-20(36-22)10-12-37(34,35)27-21-7-4-11-28(25(21)33)16-23(31)29-14-19-13-18(29)15-30(19)24(32)17-5-2-1-3-6-17/h1-3,5-6,8-10,12,18-19,21,27H,4,7,11,13-16H2/b12-10+/t18-,19-,21-/m0/s1. The summed E-state index contributed by atoms with van der Waals surface area (Å²) < 4.78 is 28.1. The summed E-state index contributed by atoms with van der Waals surface area (Å²) in [6, 6.07) is 11.5. The second-order valence-corrected chi connectivity index (χ2v) is 12.8. The molecule has 0 radical (unpaired) electrons. The van der Waals surface area contributed by atoms with Crippen molar-refractivity contribution in [2.24, 2.45) is 0 Å². The number of fused-ring (bicyclic) bond motifs is 2. The summed E-state index contributed by atoms with van der Waals surface area (Å²) in [5.74, 6) is -0.607. The zero-order chi connectivity index (χ0) is 26.2. The topological polar surface area (TPSA) is 107 Å². The van der Waals surface area contributed by atoms with E-state index in [-0.39, 0.29) is 30.4 Å². The van der Waals surface area contributed by atoms with Crippen LogP contribution in [0.15, 0.2) is 47.9 Å². The molecule has 2 aromatic rings. The lowest BCUT2D eigenvalue weighted by Gasteiger charge is -2.37. The molecule has 37 heavy (non-hydrogen) atoms. The molecule has 3 fully saturated rings. The monoisotopic (exact) mass is 562 g/mol. The minimum Gasteiger partial charge on any atom is -0.334 e. The lowest BCUT2D eigenvalue weighted by molar-refractivity contribution is -0.144. The third-order valence-corrected chi connectivity index (χ3v) is 9.32. The number of nitrogens with zero attached hydrogens (tertiary/aromatic N) is 3.